The number of aromatic nitrogens is 3. The van der Waals surface area contributed by atoms with Gasteiger partial charge in [0.15, 0.2) is 11.5 Å². The van der Waals surface area contributed by atoms with Crippen LogP contribution in [0.2, 0.25) is 0 Å². The Morgan fingerprint density at radius 1 is 0.968 bits per heavy atom. The van der Waals surface area contributed by atoms with Gasteiger partial charge in [0.1, 0.15) is 0 Å². The third-order valence-electron chi connectivity index (χ3n) is 5.25. The lowest BCUT2D eigenvalue weighted by molar-refractivity contribution is 0.344. The van der Waals surface area contributed by atoms with Crippen molar-refractivity contribution in [3.8, 4) is 34.2 Å². The van der Waals surface area contributed by atoms with Crippen molar-refractivity contribution < 1.29 is 13.9 Å². The maximum atomic E-state index is 5.87. The highest BCUT2D eigenvalue weighted by atomic mass is 16.5. The van der Waals surface area contributed by atoms with Gasteiger partial charge in [-0.1, -0.05) is 13.8 Å². The van der Waals surface area contributed by atoms with Crippen LogP contribution in [0, 0.1) is 0 Å². The molecule has 0 radical (unpaired) electrons. The maximum absolute atomic E-state index is 5.87. The molecule has 0 unspecified atom stereocenters. The van der Waals surface area contributed by atoms with Crippen LogP contribution in [0.1, 0.15) is 31.2 Å². The molecule has 0 aliphatic carbocycles. The van der Waals surface area contributed by atoms with E-state index in [4.69, 9.17) is 13.9 Å². The average Bonchev–Trinajstić information content (AvgIpc) is 3.36. The van der Waals surface area contributed by atoms with Crippen molar-refractivity contribution >= 4 is 10.9 Å². The summed E-state index contributed by atoms with van der Waals surface area (Å²) in [6.45, 7) is 5.00. The van der Waals surface area contributed by atoms with E-state index in [0.29, 0.717) is 35.7 Å². The third kappa shape index (κ3) is 4.01. The highest BCUT2D eigenvalue weighted by Crippen LogP contribution is 2.40. The molecule has 0 saturated carbocycles. The van der Waals surface area contributed by atoms with E-state index in [9.17, 15) is 0 Å². The number of H-pyrrole nitrogens is 1. The van der Waals surface area contributed by atoms with Gasteiger partial charge in [0, 0.05) is 22.0 Å². The first-order valence-corrected chi connectivity index (χ1v) is 10.3. The summed E-state index contributed by atoms with van der Waals surface area (Å²) in [6, 6.07) is 12.2. The minimum Gasteiger partial charge on any atom is -0.493 e. The van der Waals surface area contributed by atoms with E-state index in [1.807, 2.05) is 43.3 Å². The molecule has 7 heteroatoms. The molecule has 0 aliphatic heterocycles. The summed E-state index contributed by atoms with van der Waals surface area (Å²) < 4.78 is 16.8. The monoisotopic (exact) mass is 420 g/mol. The minimum atomic E-state index is 0.305. The number of ether oxygens (including phenoxy) is 2. The van der Waals surface area contributed by atoms with E-state index < -0.39 is 0 Å². The summed E-state index contributed by atoms with van der Waals surface area (Å²) in [5, 5.41) is 9.55. The Labute approximate surface area is 182 Å². The molecule has 0 fully saturated rings. The first kappa shape index (κ1) is 20.9. The molecule has 0 atom stereocenters. The number of nitrogens with one attached hydrogen (secondary N) is 1. The highest BCUT2D eigenvalue weighted by molar-refractivity contribution is 5.94. The van der Waals surface area contributed by atoms with Crippen LogP contribution >= 0.6 is 0 Å². The van der Waals surface area contributed by atoms with Crippen LogP contribution in [-0.4, -0.2) is 48.4 Å². The lowest BCUT2D eigenvalue weighted by atomic mass is 9.95. The SMILES string of the molecule is COc1ccc(-c2[nH]c3ccc(-c4nnc(CN(C)C)o4)cc3c2C(C)C)cc1OC. The standard InChI is InChI=1S/C24H28N4O3/c1-14(2)22-17-11-16(24-27-26-21(31-24)13-28(3)4)7-9-18(17)25-23(22)15-8-10-19(29-5)20(12-15)30-6/h7-12,14,25H,13H2,1-6H3. The average molecular weight is 421 g/mol. The van der Waals surface area contributed by atoms with Crippen molar-refractivity contribution in [2.45, 2.75) is 26.3 Å². The Hall–Kier alpha value is -3.32. The Balaban J connectivity index is 1.82. The van der Waals surface area contributed by atoms with E-state index in [0.717, 1.165) is 27.7 Å². The molecule has 7 nitrogen and oxygen atoms in total. The second-order valence-corrected chi connectivity index (χ2v) is 8.14. The van der Waals surface area contributed by atoms with Crippen molar-refractivity contribution in [2.75, 3.05) is 28.3 Å². The lowest BCUT2D eigenvalue weighted by Crippen LogP contribution is -2.10. The number of fused-ring (bicyclic) bond motifs is 1. The van der Waals surface area contributed by atoms with Crippen LogP contribution in [0.5, 0.6) is 11.5 Å². The van der Waals surface area contributed by atoms with Gasteiger partial charge < -0.3 is 23.8 Å². The van der Waals surface area contributed by atoms with Gasteiger partial charge in [0.05, 0.1) is 26.5 Å². The van der Waals surface area contributed by atoms with Gasteiger partial charge in [-0.3, -0.25) is 0 Å². The molecule has 31 heavy (non-hydrogen) atoms. The molecular weight excluding hydrogens is 392 g/mol. The van der Waals surface area contributed by atoms with Crippen molar-refractivity contribution in [1.29, 1.82) is 0 Å². The second kappa shape index (κ2) is 8.43. The molecule has 1 N–H and O–H groups in total. The van der Waals surface area contributed by atoms with Gasteiger partial charge in [0.2, 0.25) is 11.8 Å². The number of rotatable bonds is 7. The summed E-state index contributed by atoms with van der Waals surface area (Å²) in [7, 11) is 7.24. The van der Waals surface area contributed by atoms with E-state index in [-0.39, 0.29) is 0 Å². The summed E-state index contributed by atoms with van der Waals surface area (Å²) >= 11 is 0. The Morgan fingerprint density at radius 3 is 2.39 bits per heavy atom. The van der Waals surface area contributed by atoms with Crippen LogP contribution in [0.3, 0.4) is 0 Å². The fourth-order valence-electron chi connectivity index (χ4n) is 3.87. The van der Waals surface area contributed by atoms with Gasteiger partial charge in [-0.15, -0.1) is 10.2 Å². The second-order valence-electron chi connectivity index (χ2n) is 8.14. The molecular formula is C24H28N4O3. The van der Waals surface area contributed by atoms with Crippen LogP contribution < -0.4 is 9.47 Å². The Morgan fingerprint density at radius 2 is 1.71 bits per heavy atom. The first-order chi connectivity index (χ1) is 14.9. The molecule has 0 amide bonds. The molecule has 0 spiro atoms. The molecule has 0 bridgehead atoms. The largest absolute Gasteiger partial charge is 0.493 e. The third-order valence-corrected chi connectivity index (χ3v) is 5.25. The normalized spacial score (nSPS) is 11.6. The number of hydrogen-bond donors (Lipinski definition) is 1. The molecule has 2 heterocycles. The fraction of sp³-hybridized carbons (Fsp3) is 0.333. The van der Waals surface area contributed by atoms with Crippen molar-refractivity contribution in [1.82, 2.24) is 20.1 Å². The molecule has 2 aromatic carbocycles. The summed E-state index contributed by atoms with van der Waals surface area (Å²) in [5.41, 5.74) is 5.32. The van der Waals surface area contributed by atoms with E-state index in [1.54, 1.807) is 14.2 Å². The fourth-order valence-corrected chi connectivity index (χ4v) is 3.87. The van der Waals surface area contributed by atoms with E-state index >= 15 is 0 Å². The molecule has 4 aromatic rings. The predicted octanol–water partition coefficient (Wildman–Crippen LogP) is 5.09. The number of benzene rings is 2. The molecule has 4 rings (SSSR count). The lowest BCUT2D eigenvalue weighted by Gasteiger charge is -2.12. The molecule has 2 aromatic heterocycles. The summed E-state index contributed by atoms with van der Waals surface area (Å²) in [4.78, 5) is 5.59. The quantitative estimate of drug-likeness (QED) is 0.449. The van der Waals surface area contributed by atoms with Crippen LogP contribution in [-0.2, 0) is 6.54 Å². The first-order valence-electron chi connectivity index (χ1n) is 10.3. The van der Waals surface area contributed by atoms with Gasteiger partial charge >= 0.3 is 0 Å². The summed E-state index contributed by atoms with van der Waals surface area (Å²) in [6.07, 6.45) is 0. The van der Waals surface area contributed by atoms with Crippen molar-refractivity contribution in [3.63, 3.8) is 0 Å². The van der Waals surface area contributed by atoms with Crippen LogP contribution in [0.25, 0.3) is 33.6 Å². The Bertz CT molecular complexity index is 1210. The molecule has 0 saturated heterocycles. The zero-order valence-electron chi connectivity index (χ0n) is 18.8. The van der Waals surface area contributed by atoms with Gasteiger partial charge in [-0.25, -0.2) is 0 Å². The number of hydrogen-bond acceptors (Lipinski definition) is 6. The van der Waals surface area contributed by atoms with E-state index in [1.165, 1.54) is 5.56 Å². The van der Waals surface area contributed by atoms with Gasteiger partial charge in [-0.05, 0) is 62.0 Å². The van der Waals surface area contributed by atoms with Gasteiger partial charge in [0.25, 0.3) is 0 Å². The predicted molar refractivity (Wildman–Crippen MR) is 122 cm³/mol. The van der Waals surface area contributed by atoms with Crippen LogP contribution in [0.4, 0.5) is 0 Å². The minimum absolute atomic E-state index is 0.305. The molecule has 0 aliphatic rings. The van der Waals surface area contributed by atoms with Gasteiger partial charge in [-0.2, -0.15) is 0 Å². The van der Waals surface area contributed by atoms with Crippen molar-refractivity contribution in [3.05, 3.63) is 47.9 Å². The number of methoxy groups -OCH3 is 2. The summed E-state index contributed by atoms with van der Waals surface area (Å²) in [5.74, 6) is 2.85. The maximum Gasteiger partial charge on any atom is 0.247 e. The van der Waals surface area contributed by atoms with Crippen molar-refractivity contribution in [2.24, 2.45) is 0 Å². The highest BCUT2D eigenvalue weighted by Gasteiger charge is 2.19. The zero-order valence-corrected chi connectivity index (χ0v) is 18.8. The van der Waals surface area contributed by atoms with Crippen LogP contribution in [0.15, 0.2) is 40.8 Å². The Kier molecular flexibility index (Phi) is 5.69. The zero-order chi connectivity index (χ0) is 22.1. The topological polar surface area (TPSA) is 76.4 Å². The number of aromatic amines is 1. The smallest absolute Gasteiger partial charge is 0.247 e. The molecule has 162 valence electrons. The van der Waals surface area contributed by atoms with E-state index in [2.05, 4.69) is 41.2 Å². The number of nitrogens with zero attached hydrogens (tertiary/aromatic N) is 3.